The van der Waals surface area contributed by atoms with Gasteiger partial charge >= 0.3 is 0 Å². The van der Waals surface area contributed by atoms with Crippen molar-refractivity contribution in [2.45, 2.75) is 33.2 Å². The number of benzene rings is 1. The summed E-state index contributed by atoms with van der Waals surface area (Å²) in [6.45, 7) is 5.87. The van der Waals surface area contributed by atoms with E-state index >= 15 is 0 Å². The van der Waals surface area contributed by atoms with E-state index in [0.29, 0.717) is 17.3 Å². The largest absolute Gasteiger partial charge is 0.324 e. The second-order valence-electron chi connectivity index (χ2n) is 5.72. The Hall–Kier alpha value is -3.10. The van der Waals surface area contributed by atoms with Crippen LogP contribution in [0.5, 0.6) is 0 Å². The van der Waals surface area contributed by atoms with Crippen LogP contribution in [0.3, 0.4) is 0 Å². The number of carbonyl (C=O) groups is 1. The zero-order valence-corrected chi connectivity index (χ0v) is 13.7. The molecular formula is C15H18N8O. The number of hydrogen-bond donors (Lipinski definition) is 2. The number of aromatic nitrogens is 7. The highest BCUT2D eigenvalue weighted by atomic mass is 16.2. The molecular weight excluding hydrogens is 308 g/mol. The topological polar surface area (TPSA) is 114 Å². The van der Waals surface area contributed by atoms with Crippen LogP contribution in [-0.2, 0) is 11.3 Å². The van der Waals surface area contributed by atoms with Gasteiger partial charge in [0.05, 0.1) is 0 Å². The van der Waals surface area contributed by atoms with Crippen LogP contribution < -0.4 is 5.32 Å². The van der Waals surface area contributed by atoms with E-state index in [1.165, 1.54) is 4.68 Å². The number of nitrogens with zero attached hydrogens (tertiary/aromatic N) is 6. The number of anilines is 1. The minimum atomic E-state index is -0.189. The molecule has 2 N–H and O–H groups in total. The third-order valence-corrected chi connectivity index (χ3v) is 3.39. The molecule has 0 aliphatic heterocycles. The number of nitrogens with one attached hydrogen (secondary N) is 2. The predicted octanol–water partition coefficient (Wildman–Crippen LogP) is 1.53. The molecule has 1 aromatic carbocycles. The third-order valence-electron chi connectivity index (χ3n) is 3.39. The minimum absolute atomic E-state index is 0.0718. The van der Waals surface area contributed by atoms with Crippen molar-refractivity contribution in [1.29, 1.82) is 0 Å². The SMILES string of the molecule is Cc1nc(-c2ccc(NC(=O)Cn3nnnc3C(C)C)cc2)n[nH]1. The number of carbonyl (C=O) groups excluding carboxylic acids is 1. The van der Waals surface area contributed by atoms with Crippen molar-refractivity contribution in [2.24, 2.45) is 0 Å². The van der Waals surface area contributed by atoms with Gasteiger partial charge in [-0.05, 0) is 41.6 Å². The van der Waals surface area contributed by atoms with Gasteiger partial charge in [0.25, 0.3) is 0 Å². The van der Waals surface area contributed by atoms with Crippen molar-refractivity contribution in [3.8, 4) is 11.4 Å². The van der Waals surface area contributed by atoms with Gasteiger partial charge in [0.1, 0.15) is 12.4 Å². The molecule has 3 rings (SSSR count). The van der Waals surface area contributed by atoms with Crippen LogP contribution >= 0.6 is 0 Å². The Bertz CT molecular complexity index is 833. The maximum absolute atomic E-state index is 12.2. The average molecular weight is 326 g/mol. The molecule has 24 heavy (non-hydrogen) atoms. The number of aryl methyl sites for hydroxylation is 1. The van der Waals surface area contributed by atoms with Gasteiger partial charge in [-0.25, -0.2) is 9.67 Å². The van der Waals surface area contributed by atoms with Crippen molar-refractivity contribution in [1.82, 2.24) is 35.4 Å². The average Bonchev–Trinajstić information content (AvgIpc) is 3.17. The maximum atomic E-state index is 12.2. The highest BCUT2D eigenvalue weighted by Crippen LogP contribution is 2.18. The number of H-pyrrole nitrogens is 1. The summed E-state index contributed by atoms with van der Waals surface area (Å²) in [4.78, 5) is 16.4. The standard InChI is InChI=1S/C15H18N8O/c1-9(2)15-20-21-22-23(15)8-13(24)17-12-6-4-11(5-7-12)14-16-10(3)18-19-14/h4-7,9H,8H2,1-3H3,(H,17,24)(H,16,18,19). The van der Waals surface area contributed by atoms with E-state index in [2.05, 4.69) is 36.0 Å². The zero-order valence-electron chi connectivity index (χ0n) is 13.7. The molecule has 0 bridgehead atoms. The van der Waals surface area contributed by atoms with Gasteiger partial charge in [-0.2, -0.15) is 5.10 Å². The first-order valence-electron chi connectivity index (χ1n) is 7.58. The summed E-state index contributed by atoms with van der Waals surface area (Å²) in [5.74, 6) is 2.02. The van der Waals surface area contributed by atoms with Gasteiger partial charge in [-0.1, -0.05) is 13.8 Å². The number of aromatic amines is 1. The Morgan fingerprint density at radius 2 is 2.04 bits per heavy atom. The summed E-state index contributed by atoms with van der Waals surface area (Å²) in [6, 6.07) is 7.33. The lowest BCUT2D eigenvalue weighted by Gasteiger charge is -2.08. The summed E-state index contributed by atoms with van der Waals surface area (Å²) < 4.78 is 1.50. The molecule has 2 heterocycles. The third kappa shape index (κ3) is 3.45. The van der Waals surface area contributed by atoms with Gasteiger partial charge in [-0.3, -0.25) is 9.89 Å². The van der Waals surface area contributed by atoms with E-state index in [1.54, 1.807) is 0 Å². The van der Waals surface area contributed by atoms with E-state index in [0.717, 1.165) is 11.4 Å². The van der Waals surface area contributed by atoms with Crippen LogP contribution in [-0.4, -0.2) is 41.3 Å². The fourth-order valence-electron chi connectivity index (χ4n) is 2.25. The maximum Gasteiger partial charge on any atom is 0.246 e. The number of tetrazole rings is 1. The first-order chi connectivity index (χ1) is 11.5. The van der Waals surface area contributed by atoms with Gasteiger partial charge in [0.2, 0.25) is 5.91 Å². The van der Waals surface area contributed by atoms with E-state index < -0.39 is 0 Å². The normalized spacial score (nSPS) is 11.0. The lowest BCUT2D eigenvalue weighted by atomic mass is 10.2. The molecule has 2 aromatic heterocycles. The molecule has 3 aromatic rings. The number of rotatable bonds is 5. The monoisotopic (exact) mass is 326 g/mol. The van der Waals surface area contributed by atoms with Gasteiger partial charge in [0.15, 0.2) is 11.6 Å². The van der Waals surface area contributed by atoms with E-state index in [1.807, 2.05) is 45.0 Å². The Balaban J connectivity index is 1.65. The van der Waals surface area contributed by atoms with Crippen LogP contribution in [0.15, 0.2) is 24.3 Å². The molecule has 0 aliphatic carbocycles. The molecule has 0 atom stereocenters. The van der Waals surface area contributed by atoms with Crippen molar-refractivity contribution in [3.05, 3.63) is 35.9 Å². The van der Waals surface area contributed by atoms with Crippen molar-refractivity contribution in [2.75, 3.05) is 5.32 Å². The first kappa shape index (κ1) is 15.8. The number of hydrogen-bond acceptors (Lipinski definition) is 6. The molecule has 0 saturated heterocycles. The molecule has 124 valence electrons. The highest BCUT2D eigenvalue weighted by molar-refractivity contribution is 5.90. The van der Waals surface area contributed by atoms with Crippen molar-refractivity contribution in [3.63, 3.8) is 0 Å². The van der Waals surface area contributed by atoms with Crippen LogP contribution in [0.1, 0.15) is 31.4 Å². The quantitative estimate of drug-likeness (QED) is 0.735. The van der Waals surface area contributed by atoms with E-state index in [9.17, 15) is 4.79 Å². The van der Waals surface area contributed by atoms with E-state index in [-0.39, 0.29) is 18.4 Å². The van der Waals surface area contributed by atoms with Crippen molar-refractivity contribution >= 4 is 11.6 Å². The van der Waals surface area contributed by atoms with Crippen molar-refractivity contribution < 1.29 is 4.79 Å². The Morgan fingerprint density at radius 1 is 1.29 bits per heavy atom. The second-order valence-corrected chi connectivity index (χ2v) is 5.72. The molecule has 1 amide bonds. The highest BCUT2D eigenvalue weighted by Gasteiger charge is 2.13. The fraction of sp³-hybridized carbons (Fsp3) is 0.333. The molecule has 9 heteroatoms. The molecule has 0 saturated carbocycles. The fourth-order valence-corrected chi connectivity index (χ4v) is 2.25. The van der Waals surface area contributed by atoms with Crippen LogP contribution in [0, 0.1) is 6.92 Å². The molecule has 0 radical (unpaired) electrons. The number of amides is 1. The molecule has 0 fully saturated rings. The second kappa shape index (κ2) is 6.57. The Labute approximate surface area is 138 Å². The minimum Gasteiger partial charge on any atom is -0.324 e. The Kier molecular flexibility index (Phi) is 4.32. The van der Waals surface area contributed by atoms with E-state index in [4.69, 9.17) is 0 Å². The molecule has 0 spiro atoms. The summed E-state index contributed by atoms with van der Waals surface area (Å²) in [7, 11) is 0. The summed E-state index contributed by atoms with van der Waals surface area (Å²) in [5, 5.41) is 21.1. The summed E-state index contributed by atoms with van der Waals surface area (Å²) in [6.07, 6.45) is 0. The summed E-state index contributed by atoms with van der Waals surface area (Å²) >= 11 is 0. The zero-order chi connectivity index (χ0) is 17.1. The van der Waals surface area contributed by atoms with Gasteiger partial charge in [0, 0.05) is 17.2 Å². The van der Waals surface area contributed by atoms with Gasteiger partial charge in [-0.15, -0.1) is 5.10 Å². The lowest BCUT2D eigenvalue weighted by molar-refractivity contribution is -0.117. The Morgan fingerprint density at radius 3 is 2.67 bits per heavy atom. The predicted molar refractivity (Wildman–Crippen MR) is 87.1 cm³/mol. The lowest BCUT2D eigenvalue weighted by Crippen LogP contribution is -2.21. The smallest absolute Gasteiger partial charge is 0.246 e. The summed E-state index contributed by atoms with van der Waals surface area (Å²) in [5.41, 5.74) is 1.56. The van der Waals surface area contributed by atoms with Crippen LogP contribution in [0.25, 0.3) is 11.4 Å². The van der Waals surface area contributed by atoms with Crippen LogP contribution in [0.2, 0.25) is 0 Å². The van der Waals surface area contributed by atoms with Crippen LogP contribution in [0.4, 0.5) is 5.69 Å². The molecule has 0 unspecified atom stereocenters. The van der Waals surface area contributed by atoms with Gasteiger partial charge < -0.3 is 5.32 Å². The molecule has 0 aliphatic rings. The molecule has 9 nitrogen and oxygen atoms in total. The first-order valence-corrected chi connectivity index (χ1v) is 7.58.